The molecule has 0 saturated heterocycles. The lowest BCUT2D eigenvalue weighted by molar-refractivity contribution is 0.0987. The molecule has 0 radical (unpaired) electrons. The molecule has 0 N–H and O–H groups in total. The van der Waals surface area contributed by atoms with Crippen molar-refractivity contribution in [3.05, 3.63) is 41.0 Å². The molecule has 0 aliphatic rings. The summed E-state index contributed by atoms with van der Waals surface area (Å²) < 4.78 is 10.1. The zero-order valence-electron chi connectivity index (χ0n) is 14.4. The number of carbonyl (C=O) groups excluding carboxylic acids is 1. The van der Waals surface area contributed by atoms with Gasteiger partial charge in [-0.25, -0.2) is 0 Å². The van der Waals surface area contributed by atoms with Crippen LogP contribution in [0.4, 0.5) is 0 Å². The van der Waals surface area contributed by atoms with Crippen LogP contribution in [-0.2, 0) is 13.1 Å². The maximum atomic E-state index is 12.6. The molecule has 1 aromatic carbocycles. The molecule has 0 fully saturated rings. The van der Waals surface area contributed by atoms with Gasteiger partial charge in [0.15, 0.2) is 4.80 Å². The van der Waals surface area contributed by atoms with E-state index in [9.17, 15) is 4.79 Å². The molecule has 0 spiro atoms. The number of benzene rings is 1. The summed E-state index contributed by atoms with van der Waals surface area (Å²) in [6.45, 7) is 3.39. The molecule has 0 unspecified atom stereocenters. The van der Waals surface area contributed by atoms with Crippen LogP contribution in [0, 0.1) is 0 Å². The number of thioether (sulfide) groups is 1. The first kappa shape index (κ1) is 17.8. The minimum absolute atomic E-state index is 0.268. The minimum Gasteiger partial charge on any atom is -0.497 e. The van der Waals surface area contributed by atoms with Crippen LogP contribution in [0.5, 0.6) is 5.75 Å². The number of hydrogen-bond acceptors (Lipinski definition) is 5. The van der Waals surface area contributed by atoms with Gasteiger partial charge in [-0.15, -0.1) is 0 Å². The second-order valence-electron chi connectivity index (χ2n) is 5.31. The van der Waals surface area contributed by atoms with E-state index in [0.717, 1.165) is 28.3 Å². The number of fused-ring (bicyclic) bond motifs is 1. The van der Waals surface area contributed by atoms with E-state index in [2.05, 4.69) is 20.9 Å². The highest BCUT2D eigenvalue weighted by molar-refractivity contribution is 7.98. The normalized spacial score (nSPS) is 12.0. The average Bonchev–Trinajstić information content (AvgIpc) is 3.23. The fourth-order valence-corrected chi connectivity index (χ4v) is 4.02. The van der Waals surface area contributed by atoms with Crippen molar-refractivity contribution < 1.29 is 9.53 Å². The monoisotopic (exact) mass is 376 g/mol. The lowest BCUT2D eigenvalue weighted by Crippen LogP contribution is -2.19. The van der Waals surface area contributed by atoms with Gasteiger partial charge in [0.1, 0.15) is 11.4 Å². The molecular weight excluding hydrogens is 356 g/mol. The predicted molar refractivity (Wildman–Crippen MR) is 103 cm³/mol. The van der Waals surface area contributed by atoms with Crippen molar-refractivity contribution in [2.75, 3.05) is 19.1 Å². The zero-order chi connectivity index (χ0) is 17.8. The van der Waals surface area contributed by atoms with Crippen LogP contribution in [0.2, 0.25) is 0 Å². The Labute approximate surface area is 154 Å². The van der Waals surface area contributed by atoms with E-state index in [1.54, 1.807) is 35.8 Å². The number of rotatable bonds is 6. The lowest BCUT2D eigenvalue weighted by Gasteiger charge is -2.05. The largest absolute Gasteiger partial charge is 0.497 e. The molecule has 6 nitrogen and oxygen atoms in total. The topological polar surface area (TPSA) is 61.4 Å². The standard InChI is InChI=1S/C17H20N4O2S2/c1-4-21-14(7-8-18-21)16(22)19-17-20(9-10-24-3)13-6-5-12(23-2)11-15(13)25-17/h5-8,11H,4,9-10H2,1-3H3. The molecule has 3 rings (SSSR count). The zero-order valence-corrected chi connectivity index (χ0v) is 16.1. The Hall–Kier alpha value is -2.06. The van der Waals surface area contributed by atoms with Gasteiger partial charge in [-0.05, 0) is 37.4 Å². The molecule has 0 aliphatic heterocycles. The van der Waals surface area contributed by atoms with E-state index in [1.807, 2.05) is 25.1 Å². The van der Waals surface area contributed by atoms with Crippen LogP contribution in [0.3, 0.4) is 0 Å². The van der Waals surface area contributed by atoms with Crippen molar-refractivity contribution in [3.8, 4) is 5.75 Å². The van der Waals surface area contributed by atoms with Crippen LogP contribution in [-0.4, -0.2) is 39.4 Å². The van der Waals surface area contributed by atoms with Gasteiger partial charge >= 0.3 is 0 Å². The number of ether oxygens (including phenoxy) is 1. The smallest absolute Gasteiger partial charge is 0.297 e. The highest BCUT2D eigenvalue weighted by Crippen LogP contribution is 2.23. The number of carbonyl (C=O) groups is 1. The van der Waals surface area contributed by atoms with E-state index in [-0.39, 0.29) is 5.91 Å². The summed E-state index contributed by atoms with van der Waals surface area (Å²) in [6.07, 6.45) is 3.70. The SMILES string of the molecule is CCn1nccc1C(=O)N=c1sc2cc(OC)ccc2n1CCSC. The van der Waals surface area contributed by atoms with Gasteiger partial charge in [0, 0.05) is 25.0 Å². The summed E-state index contributed by atoms with van der Waals surface area (Å²) in [5.74, 6) is 1.48. The van der Waals surface area contributed by atoms with E-state index >= 15 is 0 Å². The molecule has 3 aromatic rings. The van der Waals surface area contributed by atoms with Gasteiger partial charge < -0.3 is 9.30 Å². The Morgan fingerprint density at radius 3 is 2.96 bits per heavy atom. The Bertz CT molecular complexity index is 955. The summed E-state index contributed by atoms with van der Waals surface area (Å²) in [5.41, 5.74) is 1.57. The Kier molecular flexibility index (Phi) is 5.60. The molecule has 2 heterocycles. The summed E-state index contributed by atoms with van der Waals surface area (Å²) in [4.78, 5) is 17.7. The number of amides is 1. The number of nitrogens with zero attached hydrogens (tertiary/aromatic N) is 4. The van der Waals surface area contributed by atoms with E-state index in [0.29, 0.717) is 17.0 Å². The molecule has 0 bridgehead atoms. The van der Waals surface area contributed by atoms with Gasteiger partial charge in [0.2, 0.25) is 0 Å². The van der Waals surface area contributed by atoms with Gasteiger partial charge in [0.25, 0.3) is 5.91 Å². The molecule has 8 heteroatoms. The predicted octanol–water partition coefficient (Wildman–Crippen LogP) is 3.03. The molecule has 25 heavy (non-hydrogen) atoms. The van der Waals surface area contributed by atoms with Crippen molar-refractivity contribution in [1.29, 1.82) is 0 Å². The second kappa shape index (κ2) is 7.88. The first-order chi connectivity index (χ1) is 12.2. The maximum absolute atomic E-state index is 12.6. The maximum Gasteiger partial charge on any atom is 0.297 e. The quantitative estimate of drug-likeness (QED) is 0.663. The Morgan fingerprint density at radius 2 is 2.24 bits per heavy atom. The number of aromatic nitrogens is 3. The third-order valence-electron chi connectivity index (χ3n) is 3.84. The lowest BCUT2D eigenvalue weighted by atomic mass is 10.3. The molecule has 0 atom stereocenters. The van der Waals surface area contributed by atoms with Gasteiger partial charge in [-0.2, -0.15) is 21.9 Å². The molecule has 1 amide bonds. The summed E-state index contributed by atoms with van der Waals surface area (Å²) in [6, 6.07) is 7.64. The fraction of sp³-hybridized carbons (Fsp3) is 0.353. The number of thiazole rings is 1. The van der Waals surface area contributed by atoms with E-state index < -0.39 is 0 Å². The van der Waals surface area contributed by atoms with Crippen LogP contribution < -0.4 is 9.54 Å². The van der Waals surface area contributed by atoms with Crippen LogP contribution in [0.15, 0.2) is 35.5 Å². The summed E-state index contributed by atoms with van der Waals surface area (Å²) in [5, 5.41) is 4.15. The average molecular weight is 377 g/mol. The van der Waals surface area contributed by atoms with Crippen LogP contribution in [0.1, 0.15) is 17.4 Å². The molecule has 132 valence electrons. The Morgan fingerprint density at radius 1 is 1.40 bits per heavy atom. The first-order valence-corrected chi connectivity index (χ1v) is 10.2. The summed E-state index contributed by atoms with van der Waals surface area (Å²) >= 11 is 3.27. The van der Waals surface area contributed by atoms with E-state index in [4.69, 9.17) is 4.74 Å². The molecular formula is C17H20N4O2S2. The number of aryl methyl sites for hydroxylation is 2. The van der Waals surface area contributed by atoms with Crippen molar-refractivity contribution >= 4 is 39.2 Å². The van der Waals surface area contributed by atoms with Crippen LogP contribution >= 0.6 is 23.1 Å². The molecule has 0 aliphatic carbocycles. The minimum atomic E-state index is -0.268. The van der Waals surface area contributed by atoms with Crippen molar-refractivity contribution in [2.24, 2.45) is 4.99 Å². The number of hydrogen-bond donors (Lipinski definition) is 0. The third kappa shape index (κ3) is 3.64. The number of methoxy groups -OCH3 is 1. The Balaban J connectivity index is 2.11. The molecule has 0 saturated carbocycles. The second-order valence-corrected chi connectivity index (χ2v) is 7.31. The highest BCUT2D eigenvalue weighted by Gasteiger charge is 2.13. The van der Waals surface area contributed by atoms with Gasteiger partial charge in [0.05, 0.1) is 17.3 Å². The molecule has 2 aromatic heterocycles. The van der Waals surface area contributed by atoms with Crippen LogP contribution in [0.25, 0.3) is 10.2 Å². The van der Waals surface area contributed by atoms with Crippen molar-refractivity contribution in [2.45, 2.75) is 20.0 Å². The van der Waals surface area contributed by atoms with Gasteiger partial charge in [-0.3, -0.25) is 9.48 Å². The fourth-order valence-electron chi connectivity index (χ4n) is 2.57. The van der Waals surface area contributed by atoms with Crippen molar-refractivity contribution in [1.82, 2.24) is 14.3 Å². The van der Waals surface area contributed by atoms with Crippen molar-refractivity contribution in [3.63, 3.8) is 0 Å². The van der Waals surface area contributed by atoms with Gasteiger partial charge in [-0.1, -0.05) is 11.3 Å². The highest BCUT2D eigenvalue weighted by atomic mass is 32.2. The third-order valence-corrected chi connectivity index (χ3v) is 5.47. The first-order valence-electron chi connectivity index (χ1n) is 7.95. The van der Waals surface area contributed by atoms with E-state index in [1.165, 1.54) is 11.3 Å². The summed E-state index contributed by atoms with van der Waals surface area (Å²) in [7, 11) is 1.65.